The van der Waals surface area contributed by atoms with Crippen LogP contribution < -0.4 is 10.6 Å². The highest BCUT2D eigenvalue weighted by molar-refractivity contribution is 8.04. The van der Waals surface area contributed by atoms with Crippen molar-refractivity contribution in [2.24, 2.45) is 0 Å². The average Bonchev–Trinajstić information content (AvgIpc) is 2.78. The molecule has 4 rings (SSSR count). The fourth-order valence-corrected chi connectivity index (χ4v) is 4.37. The quantitative estimate of drug-likeness (QED) is 0.552. The normalized spacial score (nSPS) is 18.0. The van der Waals surface area contributed by atoms with Crippen molar-refractivity contribution in [3.8, 4) is 0 Å². The van der Waals surface area contributed by atoms with Crippen molar-refractivity contribution in [1.29, 1.82) is 0 Å². The molecule has 2 N–H and O–H groups in total. The molecule has 1 fully saturated rings. The van der Waals surface area contributed by atoms with E-state index in [1.54, 1.807) is 12.1 Å². The van der Waals surface area contributed by atoms with E-state index in [1.165, 1.54) is 11.8 Å². The van der Waals surface area contributed by atoms with Crippen molar-refractivity contribution in [1.82, 2.24) is 10.2 Å². The molecule has 0 radical (unpaired) electrons. The predicted molar refractivity (Wildman–Crippen MR) is 120 cm³/mol. The highest BCUT2D eigenvalue weighted by Gasteiger charge is 2.22. The SMILES string of the molecule is O=C1Nc2cc(C(=O)NCCCN3CCOCC3)ccc2S/C1=C\c1ccccc1. The van der Waals surface area contributed by atoms with Crippen LogP contribution in [0.3, 0.4) is 0 Å². The number of nitrogens with zero attached hydrogens (tertiary/aromatic N) is 1. The number of ether oxygens (including phenoxy) is 1. The molecular weight excluding hydrogens is 398 g/mol. The lowest BCUT2D eigenvalue weighted by Gasteiger charge is -2.26. The number of thioether (sulfide) groups is 1. The van der Waals surface area contributed by atoms with Gasteiger partial charge >= 0.3 is 0 Å². The third-order valence-electron chi connectivity index (χ3n) is 5.07. The van der Waals surface area contributed by atoms with Crippen LogP contribution in [0.2, 0.25) is 0 Å². The third-order valence-corrected chi connectivity index (χ3v) is 6.17. The van der Waals surface area contributed by atoms with Crippen LogP contribution in [0.25, 0.3) is 6.08 Å². The van der Waals surface area contributed by atoms with Gasteiger partial charge in [-0.2, -0.15) is 0 Å². The maximum atomic E-state index is 12.5. The van der Waals surface area contributed by atoms with Gasteiger partial charge in [0.2, 0.25) is 0 Å². The lowest BCUT2D eigenvalue weighted by atomic mass is 10.1. The van der Waals surface area contributed by atoms with Crippen molar-refractivity contribution in [2.45, 2.75) is 11.3 Å². The molecule has 30 heavy (non-hydrogen) atoms. The van der Waals surface area contributed by atoms with Gasteiger partial charge in [0.1, 0.15) is 0 Å². The lowest BCUT2D eigenvalue weighted by Crippen LogP contribution is -2.38. The Kier molecular flexibility index (Phi) is 6.84. The number of benzene rings is 2. The van der Waals surface area contributed by atoms with Crippen molar-refractivity contribution >= 4 is 35.3 Å². The first-order valence-corrected chi connectivity index (χ1v) is 11.0. The van der Waals surface area contributed by atoms with Gasteiger partial charge in [0.15, 0.2) is 0 Å². The van der Waals surface area contributed by atoms with E-state index in [0.717, 1.165) is 49.7 Å². The Hall–Kier alpha value is -2.61. The summed E-state index contributed by atoms with van der Waals surface area (Å²) in [7, 11) is 0. The Morgan fingerprint density at radius 1 is 1.17 bits per heavy atom. The standard InChI is InChI=1S/C23H25N3O3S/c27-22(24-9-4-10-26-11-13-29-14-12-26)18-7-8-20-19(16-18)25-23(28)21(30-20)15-17-5-2-1-3-6-17/h1-3,5-8,15-16H,4,9-14H2,(H,24,27)(H,25,28)/b21-15-. The molecule has 2 aliphatic heterocycles. The maximum absolute atomic E-state index is 12.5. The summed E-state index contributed by atoms with van der Waals surface area (Å²) in [5.41, 5.74) is 2.21. The largest absolute Gasteiger partial charge is 0.379 e. The van der Waals surface area contributed by atoms with Crippen LogP contribution in [-0.4, -0.2) is 56.1 Å². The van der Waals surface area contributed by atoms with Crippen molar-refractivity contribution in [3.05, 3.63) is 64.6 Å². The molecule has 2 aromatic carbocycles. The topological polar surface area (TPSA) is 70.7 Å². The summed E-state index contributed by atoms with van der Waals surface area (Å²) in [6.45, 7) is 5.06. The third kappa shape index (κ3) is 5.30. The maximum Gasteiger partial charge on any atom is 0.262 e. The minimum Gasteiger partial charge on any atom is -0.379 e. The molecule has 0 unspecified atom stereocenters. The number of carbonyl (C=O) groups is 2. The van der Waals surface area contributed by atoms with Crippen LogP contribution in [0.4, 0.5) is 5.69 Å². The number of anilines is 1. The van der Waals surface area contributed by atoms with Gasteiger partial charge in [0, 0.05) is 30.1 Å². The molecule has 0 saturated carbocycles. The predicted octanol–water partition coefficient (Wildman–Crippen LogP) is 3.22. The van der Waals surface area contributed by atoms with E-state index < -0.39 is 0 Å². The highest BCUT2D eigenvalue weighted by atomic mass is 32.2. The number of hydrogen-bond acceptors (Lipinski definition) is 5. The summed E-state index contributed by atoms with van der Waals surface area (Å²) in [6.07, 6.45) is 2.77. The zero-order valence-corrected chi connectivity index (χ0v) is 17.5. The smallest absolute Gasteiger partial charge is 0.262 e. The van der Waals surface area contributed by atoms with Crippen LogP contribution in [0, 0.1) is 0 Å². The molecule has 2 aromatic rings. The van der Waals surface area contributed by atoms with Crippen molar-refractivity contribution in [2.75, 3.05) is 44.7 Å². The van der Waals surface area contributed by atoms with E-state index >= 15 is 0 Å². The molecule has 0 bridgehead atoms. The summed E-state index contributed by atoms with van der Waals surface area (Å²) in [6, 6.07) is 15.2. The van der Waals surface area contributed by atoms with Gasteiger partial charge < -0.3 is 15.4 Å². The van der Waals surface area contributed by atoms with Gasteiger partial charge in [0.25, 0.3) is 11.8 Å². The summed E-state index contributed by atoms with van der Waals surface area (Å²) < 4.78 is 5.34. The molecule has 2 heterocycles. The highest BCUT2D eigenvalue weighted by Crippen LogP contribution is 2.39. The number of rotatable bonds is 6. The van der Waals surface area contributed by atoms with E-state index in [1.807, 2.05) is 42.5 Å². The Labute approximate surface area is 180 Å². The van der Waals surface area contributed by atoms with Crippen LogP contribution in [0.1, 0.15) is 22.3 Å². The first kappa shape index (κ1) is 20.7. The molecule has 6 nitrogen and oxygen atoms in total. The van der Waals surface area contributed by atoms with Crippen LogP contribution in [-0.2, 0) is 9.53 Å². The monoisotopic (exact) mass is 423 g/mol. The fourth-order valence-electron chi connectivity index (χ4n) is 3.43. The van der Waals surface area contributed by atoms with Crippen LogP contribution in [0.5, 0.6) is 0 Å². The van der Waals surface area contributed by atoms with E-state index in [0.29, 0.717) is 22.7 Å². The lowest BCUT2D eigenvalue weighted by molar-refractivity contribution is -0.112. The van der Waals surface area contributed by atoms with Gasteiger partial charge in [-0.05, 0) is 42.8 Å². The first-order chi connectivity index (χ1) is 14.7. The average molecular weight is 424 g/mol. The van der Waals surface area contributed by atoms with Crippen LogP contribution in [0.15, 0.2) is 58.3 Å². The minimum absolute atomic E-state index is 0.121. The molecule has 156 valence electrons. The number of morpholine rings is 1. The summed E-state index contributed by atoms with van der Waals surface area (Å²) in [5.74, 6) is -0.274. The Morgan fingerprint density at radius 2 is 1.97 bits per heavy atom. The molecule has 7 heteroatoms. The molecule has 0 aliphatic carbocycles. The molecular formula is C23H25N3O3S. The number of amides is 2. The fraction of sp³-hybridized carbons (Fsp3) is 0.304. The van der Waals surface area contributed by atoms with Crippen LogP contribution >= 0.6 is 11.8 Å². The van der Waals surface area contributed by atoms with E-state index in [4.69, 9.17) is 4.74 Å². The van der Waals surface area contributed by atoms with Gasteiger partial charge in [0.05, 0.1) is 23.8 Å². The second-order valence-electron chi connectivity index (χ2n) is 7.25. The van der Waals surface area contributed by atoms with E-state index in [9.17, 15) is 9.59 Å². The Morgan fingerprint density at radius 3 is 2.77 bits per heavy atom. The first-order valence-electron chi connectivity index (χ1n) is 10.2. The van der Waals surface area contributed by atoms with Crippen molar-refractivity contribution in [3.63, 3.8) is 0 Å². The zero-order chi connectivity index (χ0) is 20.8. The van der Waals surface area contributed by atoms with Gasteiger partial charge in [-0.15, -0.1) is 0 Å². The molecule has 0 atom stereocenters. The second kappa shape index (κ2) is 9.93. The van der Waals surface area contributed by atoms with Crippen molar-refractivity contribution < 1.29 is 14.3 Å². The zero-order valence-electron chi connectivity index (χ0n) is 16.7. The molecule has 0 aromatic heterocycles. The Bertz CT molecular complexity index is 940. The van der Waals surface area contributed by atoms with Gasteiger partial charge in [-0.3, -0.25) is 14.5 Å². The second-order valence-corrected chi connectivity index (χ2v) is 8.33. The summed E-state index contributed by atoms with van der Waals surface area (Å²) in [5, 5.41) is 5.88. The Balaban J connectivity index is 1.34. The molecule has 1 saturated heterocycles. The number of carbonyl (C=O) groups excluding carboxylic acids is 2. The molecule has 0 spiro atoms. The number of nitrogens with one attached hydrogen (secondary N) is 2. The summed E-state index contributed by atoms with van der Waals surface area (Å²) >= 11 is 1.42. The number of fused-ring (bicyclic) bond motifs is 1. The van der Waals surface area contributed by atoms with E-state index in [-0.39, 0.29) is 11.8 Å². The summed E-state index contributed by atoms with van der Waals surface area (Å²) in [4.78, 5) is 28.9. The van der Waals surface area contributed by atoms with E-state index in [2.05, 4.69) is 15.5 Å². The van der Waals surface area contributed by atoms with Gasteiger partial charge in [-0.25, -0.2) is 0 Å². The number of hydrogen-bond donors (Lipinski definition) is 2. The molecule has 2 amide bonds. The minimum atomic E-state index is -0.153. The van der Waals surface area contributed by atoms with Gasteiger partial charge in [-0.1, -0.05) is 42.1 Å². The molecule has 2 aliphatic rings.